The van der Waals surface area contributed by atoms with Crippen molar-refractivity contribution in [2.45, 2.75) is 5.88 Å². The summed E-state index contributed by atoms with van der Waals surface area (Å²) in [5, 5.41) is 0.654. The largest absolute Gasteiger partial charge is 0.294 e. The van der Waals surface area contributed by atoms with Crippen LogP contribution in [0.1, 0.15) is 5.82 Å². The lowest BCUT2D eigenvalue weighted by Crippen LogP contribution is -2.01. The molecule has 0 spiro atoms. The van der Waals surface area contributed by atoms with Crippen molar-refractivity contribution in [1.82, 2.24) is 9.55 Å². The zero-order chi connectivity index (χ0) is 14.3. The third-order valence-corrected chi connectivity index (χ3v) is 4.31. The summed E-state index contributed by atoms with van der Waals surface area (Å²) in [6.45, 7) is 0. The molecule has 3 aromatic rings. The lowest BCUT2D eigenvalue weighted by atomic mass is 10.2. The number of nitrogens with zero attached hydrogens (tertiary/aromatic N) is 2. The Morgan fingerprint density at radius 1 is 1.25 bits per heavy atom. The molecule has 102 valence electrons. The molecule has 0 unspecified atom stereocenters. The molecule has 0 atom stereocenters. The van der Waals surface area contributed by atoms with Crippen molar-refractivity contribution in [3.05, 3.63) is 56.6 Å². The number of hydrogen-bond acceptors (Lipinski definition) is 1. The zero-order valence-corrected chi connectivity index (χ0v) is 13.7. The van der Waals surface area contributed by atoms with Gasteiger partial charge in [0.05, 0.1) is 17.1 Å². The summed E-state index contributed by atoms with van der Waals surface area (Å²) in [5.74, 6) is 0.455. The molecule has 0 aliphatic carbocycles. The molecule has 1 heterocycles. The summed E-state index contributed by atoms with van der Waals surface area (Å²) in [7, 11) is 0. The lowest BCUT2D eigenvalue weighted by molar-refractivity contribution is 0.637. The Labute approximate surface area is 138 Å². The van der Waals surface area contributed by atoms with Crippen LogP contribution in [0.5, 0.6) is 0 Å². The van der Waals surface area contributed by atoms with Crippen LogP contribution in [0.4, 0.5) is 4.39 Å². The number of halogens is 4. The fraction of sp³-hybridized carbons (Fsp3) is 0.0714. The van der Waals surface area contributed by atoms with Crippen LogP contribution in [0.15, 0.2) is 36.4 Å². The summed E-state index contributed by atoms with van der Waals surface area (Å²) in [5.41, 5.74) is 1.91. The van der Waals surface area contributed by atoms with Crippen LogP contribution in [0.3, 0.4) is 0 Å². The van der Waals surface area contributed by atoms with Crippen LogP contribution in [-0.4, -0.2) is 9.55 Å². The number of hydrogen-bond donors (Lipinski definition) is 0. The molecule has 0 saturated carbocycles. The van der Waals surface area contributed by atoms with E-state index in [0.717, 1.165) is 9.26 Å². The lowest BCUT2D eigenvalue weighted by Gasteiger charge is -2.10. The van der Waals surface area contributed by atoms with E-state index >= 15 is 0 Å². The first-order valence-electron chi connectivity index (χ1n) is 5.79. The van der Waals surface area contributed by atoms with Crippen molar-refractivity contribution < 1.29 is 4.39 Å². The van der Waals surface area contributed by atoms with Gasteiger partial charge in [-0.2, -0.15) is 0 Å². The number of alkyl halides is 1. The van der Waals surface area contributed by atoms with Gasteiger partial charge in [0.2, 0.25) is 0 Å². The van der Waals surface area contributed by atoms with Gasteiger partial charge in [0.25, 0.3) is 0 Å². The molecule has 1 aromatic heterocycles. The fourth-order valence-corrected chi connectivity index (χ4v) is 3.43. The maximum atomic E-state index is 13.9. The molecule has 2 nitrogen and oxygen atoms in total. The van der Waals surface area contributed by atoms with Crippen molar-refractivity contribution in [3.8, 4) is 5.69 Å². The van der Waals surface area contributed by atoms with Gasteiger partial charge in [0.1, 0.15) is 11.3 Å². The van der Waals surface area contributed by atoms with Gasteiger partial charge in [0.15, 0.2) is 5.82 Å². The van der Waals surface area contributed by atoms with Crippen molar-refractivity contribution >= 4 is 56.8 Å². The van der Waals surface area contributed by atoms with Crippen molar-refractivity contribution in [1.29, 1.82) is 0 Å². The Hall–Kier alpha value is -0.850. The maximum absolute atomic E-state index is 13.9. The monoisotopic (exact) mass is 420 g/mol. The van der Waals surface area contributed by atoms with Crippen LogP contribution in [-0.2, 0) is 5.88 Å². The molecular weight excluding hydrogens is 413 g/mol. The van der Waals surface area contributed by atoms with Gasteiger partial charge < -0.3 is 0 Å². The van der Waals surface area contributed by atoms with Gasteiger partial charge >= 0.3 is 0 Å². The zero-order valence-electron chi connectivity index (χ0n) is 10.1. The summed E-state index contributed by atoms with van der Waals surface area (Å²) in [6.07, 6.45) is 0. The van der Waals surface area contributed by atoms with E-state index in [1.807, 2.05) is 22.8 Å². The molecule has 0 aliphatic rings. The van der Waals surface area contributed by atoms with Crippen LogP contribution < -0.4 is 0 Å². The Morgan fingerprint density at radius 3 is 2.75 bits per heavy atom. The average Bonchev–Trinajstić information content (AvgIpc) is 2.79. The molecule has 20 heavy (non-hydrogen) atoms. The number of rotatable bonds is 2. The molecular formula is C14H8Cl2FIN2. The van der Waals surface area contributed by atoms with Crippen molar-refractivity contribution in [2.75, 3.05) is 0 Å². The Kier molecular flexibility index (Phi) is 3.88. The van der Waals surface area contributed by atoms with E-state index in [4.69, 9.17) is 23.2 Å². The van der Waals surface area contributed by atoms with Crippen LogP contribution >= 0.6 is 45.8 Å². The number of para-hydroxylation sites is 1. The fourth-order valence-electron chi connectivity index (χ4n) is 2.13. The molecule has 0 fully saturated rings. The summed E-state index contributed by atoms with van der Waals surface area (Å²) in [6, 6.07) is 10.4. The summed E-state index contributed by atoms with van der Waals surface area (Å²) >= 11 is 14.1. The minimum Gasteiger partial charge on any atom is -0.294 e. The molecule has 0 bridgehead atoms. The molecule has 3 rings (SSSR count). The first-order chi connectivity index (χ1) is 9.61. The highest BCUT2D eigenvalue weighted by Gasteiger charge is 2.16. The van der Waals surface area contributed by atoms with E-state index in [9.17, 15) is 4.39 Å². The molecule has 0 radical (unpaired) electrons. The predicted molar refractivity (Wildman–Crippen MR) is 88.3 cm³/mol. The minimum absolute atomic E-state index is 0.201. The van der Waals surface area contributed by atoms with Crippen molar-refractivity contribution in [3.63, 3.8) is 0 Å². The molecule has 0 aliphatic heterocycles. The summed E-state index contributed by atoms with van der Waals surface area (Å²) < 4.78 is 16.7. The van der Waals surface area contributed by atoms with Crippen LogP contribution in [0, 0.1) is 9.39 Å². The highest BCUT2D eigenvalue weighted by atomic mass is 127. The van der Waals surface area contributed by atoms with E-state index in [1.54, 1.807) is 12.1 Å². The van der Waals surface area contributed by atoms with Crippen molar-refractivity contribution in [2.24, 2.45) is 0 Å². The second-order valence-corrected chi connectivity index (χ2v) is 6.07. The topological polar surface area (TPSA) is 17.8 Å². The molecule has 6 heteroatoms. The van der Waals surface area contributed by atoms with E-state index in [2.05, 4.69) is 27.6 Å². The average molecular weight is 421 g/mol. The highest BCUT2D eigenvalue weighted by molar-refractivity contribution is 14.1. The maximum Gasteiger partial charge on any atom is 0.151 e. The van der Waals surface area contributed by atoms with E-state index in [-0.39, 0.29) is 11.7 Å². The number of benzene rings is 2. The summed E-state index contributed by atoms with van der Waals surface area (Å²) in [4.78, 5) is 4.29. The molecule has 0 amide bonds. The Bertz CT molecular complexity index is 801. The Balaban J connectivity index is 2.37. The van der Waals surface area contributed by atoms with Gasteiger partial charge in [0, 0.05) is 8.59 Å². The van der Waals surface area contributed by atoms with E-state index in [1.165, 1.54) is 6.07 Å². The van der Waals surface area contributed by atoms with Gasteiger partial charge in [-0.3, -0.25) is 4.57 Å². The third-order valence-electron chi connectivity index (χ3n) is 2.98. The van der Waals surface area contributed by atoms with E-state index < -0.39 is 0 Å². The SMILES string of the molecule is Fc1cccc2c1nc(CCl)n2-c1ccc(Cl)cc1I. The third kappa shape index (κ3) is 2.29. The van der Waals surface area contributed by atoms with Crippen LogP contribution in [0.25, 0.3) is 16.7 Å². The standard InChI is InChI=1S/C14H8Cl2FIN2/c15-7-13-19-14-9(17)2-1-3-12(14)20(13)11-5-4-8(16)6-10(11)18/h1-6H,7H2. The van der Waals surface area contributed by atoms with Gasteiger partial charge in [-0.15, -0.1) is 11.6 Å². The second-order valence-electron chi connectivity index (χ2n) is 4.20. The molecule has 0 N–H and O–H groups in total. The molecule has 0 saturated heterocycles. The van der Waals surface area contributed by atoms with Gasteiger partial charge in [-0.1, -0.05) is 17.7 Å². The van der Waals surface area contributed by atoms with E-state index in [0.29, 0.717) is 21.9 Å². The van der Waals surface area contributed by atoms with Gasteiger partial charge in [-0.05, 0) is 52.9 Å². The molecule has 2 aromatic carbocycles. The number of fused-ring (bicyclic) bond motifs is 1. The highest BCUT2D eigenvalue weighted by Crippen LogP contribution is 2.28. The minimum atomic E-state index is -0.350. The Morgan fingerprint density at radius 2 is 2.05 bits per heavy atom. The number of aromatic nitrogens is 2. The van der Waals surface area contributed by atoms with Crippen LogP contribution in [0.2, 0.25) is 5.02 Å². The normalized spacial score (nSPS) is 11.2. The predicted octanol–water partition coefficient (Wildman–Crippen LogP) is 5.16. The number of imidazole rings is 1. The quantitative estimate of drug-likeness (QED) is 0.413. The first kappa shape index (κ1) is 14.1. The van der Waals surface area contributed by atoms with Gasteiger partial charge in [-0.25, -0.2) is 9.37 Å². The second kappa shape index (κ2) is 5.50. The first-order valence-corrected chi connectivity index (χ1v) is 7.78. The smallest absolute Gasteiger partial charge is 0.151 e.